The minimum Gasteiger partial charge on any atom is -0.493 e. The zero-order valence-electron chi connectivity index (χ0n) is 10.0. The summed E-state index contributed by atoms with van der Waals surface area (Å²) in [6.45, 7) is 1.42. The van der Waals surface area contributed by atoms with Crippen molar-refractivity contribution in [3.63, 3.8) is 0 Å². The molecule has 0 bridgehead atoms. The average molecular weight is 300 g/mol. The Balaban J connectivity index is 2.16. The minimum absolute atomic E-state index is 0.637. The van der Waals surface area contributed by atoms with Crippen molar-refractivity contribution < 1.29 is 9.47 Å². The maximum atomic E-state index is 5.81. The van der Waals surface area contributed by atoms with E-state index in [1.807, 2.05) is 6.07 Å². The SMILES string of the molecule is COc1cc(CCN)cc(Br)c1OCC1CC1. The highest BCUT2D eigenvalue weighted by Gasteiger charge is 2.23. The van der Waals surface area contributed by atoms with Crippen LogP contribution in [0.25, 0.3) is 0 Å². The van der Waals surface area contributed by atoms with Crippen LogP contribution in [0.2, 0.25) is 0 Å². The van der Waals surface area contributed by atoms with Crippen LogP contribution in [0.1, 0.15) is 18.4 Å². The first kappa shape index (κ1) is 12.7. The van der Waals surface area contributed by atoms with Gasteiger partial charge in [0.15, 0.2) is 11.5 Å². The van der Waals surface area contributed by atoms with Crippen molar-refractivity contribution in [1.82, 2.24) is 0 Å². The lowest BCUT2D eigenvalue weighted by atomic mass is 10.1. The van der Waals surface area contributed by atoms with Crippen LogP contribution in [-0.4, -0.2) is 20.3 Å². The van der Waals surface area contributed by atoms with Crippen LogP contribution >= 0.6 is 15.9 Å². The van der Waals surface area contributed by atoms with E-state index in [1.54, 1.807) is 7.11 Å². The summed E-state index contributed by atoms with van der Waals surface area (Å²) in [5.41, 5.74) is 6.72. The predicted molar refractivity (Wildman–Crippen MR) is 71.7 cm³/mol. The summed E-state index contributed by atoms with van der Waals surface area (Å²) in [5, 5.41) is 0. The molecule has 1 saturated carbocycles. The highest BCUT2D eigenvalue weighted by Crippen LogP contribution is 2.38. The van der Waals surface area contributed by atoms with Crippen LogP contribution in [0.4, 0.5) is 0 Å². The number of halogens is 1. The molecule has 1 fully saturated rings. The Hall–Kier alpha value is -0.740. The van der Waals surface area contributed by atoms with Crippen LogP contribution in [0, 0.1) is 5.92 Å². The fourth-order valence-electron chi connectivity index (χ4n) is 1.71. The van der Waals surface area contributed by atoms with E-state index >= 15 is 0 Å². The van der Waals surface area contributed by atoms with Gasteiger partial charge in [-0.05, 0) is 65.4 Å². The molecule has 0 atom stereocenters. The number of hydrogen-bond acceptors (Lipinski definition) is 3. The Bertz CT molecular complexity index is 391. The fourth-order valence-corrected chi connectivity index (χ4v) is 2.31. The number of rotatable bonds is 6. The lowest BCUT2D eigenvalue weighted by Crippen LogP contribution is -2.05. The van der Waals surface area contributed by atoms with Crippen LogP contribution in [-0.2, 0) is 6.42 Å². The Morgan fingerprint density at radius 3 is 2.76 bits per heavy atom. The number of benzene rings is 1. The second kappa shape index (κ2) is 5.74. The van der Waals surface area contributed by atoms with Gasteiger partial charge in [0.05, 0.1) is 18.2 Å². The number of nitrogens with two attached hydrogens (primary N) is 1. The van der Waals surface area contributed by atoms with Gasteiger partial charge in [-0.15, -0.1) is 0 Å². The molecule has 4 heteroatoms. The first-order chi connectivity index (χ1) is 8.24. The van der Waals surface area contributed by atoms with Crippen molar-refractivity contribution in [1.29, 1.82) is 0 Å². The van der Waals surface area contributed by atoms with Crippen LogP contribution in [0.15, 0.2) is 16.6 Å². The van der Waals surface area contributed by atoms with E-state index in [0.29, 0.717) is 6.54 Å². The van der Waals surface area contributed by atoms with Crippen molar-refractivity contribution in [3.8, 4) is 11.5 Å². The van der Waals surface area contributed by atoms with Crippen molar-refractivity contribution in [3.05, 3.63) is 22.2 Å². The third-order valence-corrected chi connectivity index (χ3v) is 3.47. The quantitative estimate of drug-likeness (QED) is 0.878. The minimum atomic E-state index is 0.637. The molecule has 0 unspecified atom stereocenters. The van der Waals surface area contributed by atoms with E-state index in [1.165, 1.54) is 12.8 Å². The molecule has 94 valence electrons. The summed E-state index contributed by atoms with van der Waals surface area (Å²) in [5.74, 6) is 2.32. The lowest BCUT2D eigenvalue weighted by Gasteiger charge is -2.14. The first-order valence-corrected chi connectivity index (χ1v) is 6.73. The van der Waals surface area contributed by atoms with Crippen molar-refractivity contribution in [2.24, 2.45) is 11.7 Å². The zero-order chi connectivity index (χ0) is 12.3. The molecule has 0 amide bonds. The van der Waals surface area contributed by atoms with Gasteiger partial charge in [0.1, 0.15) is 0 Å². The molecule has 1 aromatic rings. The first-order valence-electron chi connectivity index (χ1n) is 5.94. The van der Waals surface area contributed by atoms with E-state index in [0.717, 1.165) is 40.5 Å². The molecule has 1 aliphatic rings. The molecule has 1 aromatic carbocycles. The predicted octanol–water partition coefficient (Wildman–Crippen LogP) is 2.75. The summed E-state index contributed by atoms with van der Waals surface area (Å²) in [7, 11) is 1.66. The molecule has 0 heterocycles. The number of ether oxygens (including phenoxy) is 2. The Morgan fingerprint density at radius 1 is 1.41 bits per heavy atom. The van der Waals surface area contributed by atoms with Gasteiger partial charge < -0.3 is 15.2 Å². The molecule has 17 heavy (non-hydrogen) atoms. The van der Waals surface area contributed by atoms with E-state index in [9.17, 15) is 0 Å². The molecule has 1 aliphatic carbocycles. The van der Waals surface area contributed by atoms with Gasteiger partial charge in [0.25, 0.3) is 0 Å². The van der Waals surface area contributed by atoms with E-state index in [2.05, 4.69) is 22.0 Å². The highest BCUT2D eigenvalue weighted by molar-refractivity contribution is 9.10. The Morgan fingerprint density at radius 2 is 2.18 bits per heavy atom. The number of hydrogen-bond donors (Lipinski definition) is 1. The third-order valence-electron chi connectivity index (χ3n) is 2.88. The maximum Gasteiger partial charge on any atom is 0.175 e. The molecule has 0 aliphatic heterocycles. The van der Waals surface area contributed by atoms with Crippen LogP contribution < -0.4 is 15.2 Å². The zero-order valence-corrected chi connectivity index (χ0v) is 11.6. The summed E-state index contributed by atoms with van der Waals surface area (Å²) in [6, 6.07) is 4.05. The molecule has 2 N–H and O–H groups in total. The summed E-state index contributed by atoms with van der Waals surface area (Å²) in [4.78, 5) is 0. The molecule has 0 saturated heterocycles. The van der Waals surface area contributed by atoms with Crippen molar-refractivity contribution >= 4 is 15.9 Å². The van der Waals surface area contributed by atoms with Gasteiger partial charge in [0.2, 0.25) is 0 Å². The fraction of sp³-hybridized carbons (Fsp3) is 0.538. The van der Waals surface area contributed by atoms with E-state index < -0.39 is 0 Å². The van der Waals surface area contributed by atoms with Gasteiger partial charge in [-0.1, -0.05) is 0 Å². The van der Waals surface area contributed by atoms with Gasteiger partial charge >= 0.3 is 0 Å². The molecule has 0 spiro atoms. The molecule has 3 nitrogen and oxygen atoms in total. The number of methoxy groups -OCH3 is 1. The smallest absolute Gasteiger partial charge is 0.175 e. The topological polar surface area (TPSA) is 44.5 Å². The summed E-state index contributed by atoms with van der Waals surface area (Å²) >= 11 is 3.53. The lowest BCUT2D eigenvalue weighted by molar-refractivity contribution is 0.278. The molecule has 2 rings (SSSR count). The van der Waals surface area contributed by atoms with Gasteiger partial charge in [-0.25, -0.2) is 0 Å². The van der Waals surface area contributed by atoms with Gasteiger partial charge in [-0.2, -0.15) is 0 Å². The van der Waals surface area contributed by atoms with Crippen molar-refractivity contribution in [2.45, 2.75) is 19.3 Å². The van der Waals surface area contributed by atoms with Gasteiger partial charge in [-0.3, -0.25) is 0 Å². The molecular weight excluding hydrogens is 282 g/mol. The summed E-state index contributed by atoms with van der Waals surface area (Å²) < 4.78 is 12.1. The second-order valence-electron chi connectivity index (χ2n) is 4.40. The molecule has 0 radical (unpaired) electrons. The van der Waals surface area contributed by atoms with Gasteiger partial charge in [0, 0.05) is 0 Å². The monoisotopic (exact) mass is 299 g/mol. The maximum absolute atomic E-state index is 5.81. The largest absolute Gasteiger partial charge is 0.493 e. The standard InChI is InChI=1S/C13H18BrNO2/c1-16-12-7-10(4-5-15)6-11(14)13(12)17-8-9-2-3-9/h6-7,9H,2-5,8,15H2,1H3. The van der Waals surface area contributed by atoms with E-state index in [-0.39, 0.29) is 0 Å². The van der Waals surface area contributed by atoms with Crippen LogP contribution in [0.3, 0.4) is 0 Å². The Labute approximate surface area is 110 Å². The molecular formula is C13H18BrNO2. The third kappa shape index (κ3) is 3.36. The van der Waals surface area contributed by atoms with Crippen molar-refractivity contribution in [2.75, 3.05) is 20.3 Å². The average Bonchev–Trinajstić information content (AvgIpc) is 3.11. The van der Waals surface area contributed by atoms with Crippen LogP contribution in [0.5, 0.6) is 11.5 Å². The molecule has 0 aromatic heterocycles. The normalized spacial score (nSPS) is 14.8. The Kier molecular flexibility index (Phi) is 4.29. The summed E-state index contributed by atoms with van der Waals surface area (Å²) in [6.07, 6.45) is 3.41. The second-order valence-corrected chi connectivity index (χ2v) is 5.26. The van der Waals surface area contributed by atoms with E-state index in [4.69, 9.17) is 15.2 Å². The highest BCUT2D eigenvalue weighted by atomic mass is 79.9.